The van der Waals surface area contributed by atoms with E-state index in [0.29, 0.717) is 40.4 Å². The van der Waals surface area contributed by atoms with Gasteiger partial charge in [0, 0.05) is 41.7 Å². The van der Waals surface area contributed by atoms with Gasteiger partial charge in [0.15, 0.2) is 22.9 Å². The summed E-state index contributed by atoms with van der Waals surface area (Å²) in [6.45, 7) is 0. The summed E-state index contributed by atoms with van der Waals surface area (Å²) in [7, 11) is 1.60. The van der Waals surface area contributed by atoms with Crippen LogP contribution in [0.4, 0.5) is 13.2 Å². The van der Waals surface area contributed by atoms with Gasteiger partial charge in [0.25, 0.3) is 11.1 Å². The lowest BCUT2D eigenvalue weighted by atomic mass is 10.1. The third-order valence-electron chi connectivity index (χ3n) is 7.75. The molecular weight excluding hydrogens is 585 g/mol. The smallest absolute Gasteiger partial charge is 0.279 e. The number of halogens is 3. The summed E-state index contributed by atoms with van der Waals surface area (Å²) in [5, 5.41) is 0. The molecule has 9 nitrogen and oxygen atoms in total. The Hall–Kier alpha value is -5.39. The molecule has 2 saturated carbocycles. The Morgan fingerprint density at radius 3 is 1.71 bits per heavy atom. The molecule has 2 fully saturated rings. The minimum Gasteiger partial charge on any atom is -0.496 e. The molecule has 12 heteroatoms. The number of methoxy groups -OCH3 is 1. The molecule has 2 aromatic carbocycles. The number of ether oxygens (including phenoxy) is 1. The van der Waals surface area contributed by atoms with Crippen molar-refractivity contribution in [3.63, 3.8) is 0 Å². The zero-order chi connectivity index (χ0) is 31.2. The Balaban J connectivity index is 0.000000145. The van der Waals surface area contributed by atoms with E-state index in [1.54, 1.807) is 36.2 Å². The molecule has 0 atom stereocenters. The van der Waals surface area contributed by atoms with Crippen LogP contribution < -0.4 is 15.9 Å². The van der Waals surface area contributed by atoms with Gasteiger partial charge >= 0.3 is 0 Å². The molecular formula is C33H25F3N6O3. The van der Waals surface area contributed by atoms with Crippen LogP contribution in [0.1, 0.15) is 37.8 Å². The highest BCUT2D eigenvalue weighted by molar-refractivity contribution is 5.77. The molecule has 4 heterocycles. The van der Waals surface area contributed by atoms with Crippen molar-refractivity contribution in [1.29, 1.82) is 0 Å². The maximum atomic E-state index is 14.0. The summed E-state index contributed by atoms with van der Waals surface area (Å²) in [5.74, 6) is -2.92. The standard InChI is InChI=1S/C17H15N3O2.C16H10F3N3O/c1-22-14-7-3-2-5-12(14)15-17(21)20(11-8-9-11)16-13(19-15)6-4-10-18-16;17-10-7-12(19)11(18)6-9(10)14-16(23)22(8-3-4-8)15-13(21-14)2-1-5-20-15/h2-7,10-11H,8-9H2,1H3;1-2,5-8H,3-4H2. The largest absolute Gasteiger partial charge is 0.496 e. The first-order valence-corrected chi connectivity index (χ1v) is 14.4. The summed E-state index contributed by atoms with van der Waals surface area (Å²) in [4.78, 5) is 42.8. The van der Waals surface area contributed by atoms with Gasteiger partial charge in [-0.05, 0) is 68.1 Å². The fourth-order valence-electron chi connectivity index (χ4n) is 5.32. The second-order valence-corrected chi connectivity index (χ2v) is 10.9. The third kappa shape index (κ3) is 5.22. The van der Waals surface area contributed by atoms with Crippen LogP contribution >= 0.6 is 0 Å². The van der Waals surface area contributed by atoms with Crippen LogP contribution in [0.15, 0.2) is 82.6 Å². The van der Waals surface area contributed by atoms with E-state index >= 15 is 0 Å². The number of aromatic nitrogens is 6. The molecule has 4 aromatic heterocycles. The molecule has 0 aliphatic heterocycles. The predicted octanol–water partition coefficient (Wildman–Crippen LogP) is 6.01. The number of pyridine rings is 2. The van der Waals surface area contributed by atoms with Gasteiger partial charge in [-0.15, -0.1) is 0 Å². The minimum atomic E-state index is -1.31. The van der Waals surface area contributed by atoms with E-state index in [4.69, 9.17) is 4.74 Å². The van der Waals surface area contributed by atoms with Crippen molar-refractivity contribution >= 4 is 22.3 Å². The van der Waals surface area contributed by atoms with Gasteiger partial charge in [-0.2, -0.15) is 0 Å². The van der Waals surface area contributed by atoms with Gasteiger partial charge in [0.1, 0.15) is 34.0 Å². The van der Waals surface area contributed by atoms with E-state index in [9.17, 15) is 22.8 Å². The Morgan fingerprint density at radius 1 is 0.667 bits per heavy atom. The maximum absolute atomic E-state index is 14.0. The normalized spacial score (nSPS) is 14.3. The summed E-state index contributed by atoms with van der Waals surface area (Å²) in [5.41, 5.74) is 2.10. The molecule has 0 spiro atoms. The van der Waals surface area contributed by atoms with E-state index in [1.165, 1.54) is 4.57 Å². The number of rotatable bonds is 5. The number of para-hydroxylation sites is 1. The first-order valence-electron chi connectivity index (χ1n) is 14.4. The zero-order valence-corrected chi connectivity index (χ0v) is 24.0. The Morgan fingerprint density at radius 2 is 1.18 bits per heavy atom. The molecule has 0 N–H and O–H groups in total. The van der Waals surface area contributed by atoms with Gasteiger partial charge < -0.3 is 4.74 Å². The van der Waals surface area contributed by atoms with Crippen LogP contribution in [-0.2, 0) is 0 Å². The highest BCUT2D eigenvalue weighted by Gasteiger charge is 2.30. The number of nitrogens with zero attached hydrogens (tertiary/aromatic N) is 6. The summed E-state index contributed by atoms with van der Waals surface area (Å²) in [6, 6.07) is 15.8. The molecule has 0 radical (unpaired) electrons. The Kier molecular flexibility index (Phi) is 7.11. The van der Waals surface area contributed by atoms with E-state index < -0.39 is 23.0 Å². The minimum absolute atomic E-state index is 0.0185. The maximum Gasteiger partial charge on any atom is 0.279 e. The molecule has 2 aliphatic rings. The number of benzene rings is 2. The number of fused-ring (bicyclic) bond motifs is 2. The Labute approximate surface area is 253 Å². The highest BCUT2D eigenvalue weighted by atomic mass is 19.2. The average molecular weight is 611 g/mol. The molecule has 226 valence electrons. The molecule has 45 heavy (non-hydrogen) atoms. The van der Waals surface area contributed by atoms with Gasteiger partial charge in [-0.3, -0.25) is 18.7 Å². The van der Waals surface area contributed by atoms with Crippen molar-refractivity contribution in [2.24, 2.45) is 0 Å². The van der Waals surface area contributed by atoms with Crippen molar-refractivity contribution in [3.05, 3.63) is 111 Å². The Bertz CT molecular complexity index is 2230. The van der Waals surface area contributed by atoms with Crippen molar-refractivity contribution in [3.8, 4) is 28.3 Å². The lowest BCUT2D eigenvalue weighted by Gasteiger charge is -2.12. The van der Waals surface area contributed by atoms with Gasteiger partial charge in [-0.1, -0.05) is 12.1 Å². The molecule has 0 bridgehead atoms. The van der Waals surface area contributed by atoms with Crippen LogP contribution in [-0.4, -0.2) is 36.2 Å². The summed E-state index contributed by atoms with van der Waals surface area (Å²) in [6.07, 6.45) is 6.90. The van der Waals surface area contributed by atoms with Crippen LogP contribution in [0.2, 0.25) is 0 Å². The first kappa shape index (κ1) is 28.4. The van der Waals surface area contributed by atoms with Gasteiger partial charge in [-0.25, -0.2) is 33.1 Å². The van der Waals surface area contributed by atoms with E-state index in [1.807, 2.05) is 36.4 Å². The fourth-order valence-corrected chi connectivity index (χ4v) is 5.32. The molecule has 0 unspecified atom stereocenters. The monoisotopic (exact) mass is 610 g/mol. The lowest BCUT2D eigenvalue weighted by molar-refractivity contribution is 0.416. The van der Waals surface area contributed by atoms with Gasteiger partial charge in [0.2, 0.25) is 0 Å². The van der Waals surface area contributed by atoms with E-state index in [2.05, 4.69) is 19.9 Å². The van der Waals surface area contributed by atoms with E-state index in [-0.39, 0.29) is 28.9 Å². The molecule has 0 amide bonds. The van der Waals surface area contributed by atoms with Crippen LogP contribution in [0.3, 0.4) is 0 Å². The number of hydrogen-bond acceptors (Lipinski definition) is 7. The van der Waals surface area contributed by atoms with Gasteiger partial charge in [0.05, 0.1) is 7.11 Å². The number of hydrogen-bond donors (Lipinski definition) is 0. The molecule has 2 aliphatic carbocycles. The molecule has 0 saturated heterocycles. The van der Waals surface area contributed by atoms with Crippen molar-refractivity contribution < 1.29 is 17.9 Å². The first-order chi connectivity index (χ1) is 21.9. The van der Waals surface area contributed by atoms with Crippen LogP contribution in [0.5, 0.6) is 5.75 Å². The van der Waals surface area contributed by atoms with E-state index in [0.717, 1.165) is 36.8 Å². The zero-order valence-electron chi connectivity index (χ0n) is 24.0. The highest BCUT2D eigenvalue weighted by Crippen LogP contribution is 2.37. The topological polar surface area (TPSA) is 105 Å². The third-order valence-corrected chi connectivity index (χ3v) is 7.75. The second-order valence-electron chi connectivity index (χ2n) is 10.9. The summed E-state index contributed by atoms with van der Waals surface area (Å²) < 4.78 is 49.2. The van der Waals surface area contributed by atoms with Crippen molar-refractivity contribution in [1.82, 2.24) is 29.1 Å². The molecule has 8 rings (SSSR count). The molecule has 6 aromatic rings. The average Bonchev–Trinajstić information content (AvgIpc) is 3.98. The summed E-state index contributed by atoms with van der Waals surface area (Å²) >= 11 is 0. The quantitative estimate of drug-likeness (QED) is 0.220. The predicted molar refractivity (Wildman–Crippen MR) is 161 cm³/mol. The lowest BCUT2D eigenvalue weighted by Crippen LogP contribution is -2.24. The van der Waals surface area contributed by atoms with Crippen molar-refractivity contribution in [2.75, 3.05) is 7.11 Å². The van der Waals surface area contributed by atoms with Crippen molar-refractivity contribution in [2.45, 2.75) is 37.8 Å². The van der Waals surface area contributed by atoms with Crippen LogP contribution in [0.25, 0.3) is 44.8 Å². The van der Waals surface area contributed by atoms with Crippen LogP contribution in [0, 0.1) is 17.5 Å². The fraction of sp³-hybridized carbons (Fsp3) is 0.212. The second kappa shape index (κ2) is 11.3. The SMILES string of the molecule is COc1ccccc1-c1nc2cccnc2n(C2CC2)c1=O.O=c1c(-c2cc(F)c(F)cc2F)nc2cccnc2n1C1CC1.